The Balaban J connectivity index is 1.57. The molecule has 122 valence electrons. The highest BCUT2D eigenvalue weighted by molar-refractivity contribution is 5.95. The van der Waals surface area contributed by atoms with Crippen molar-refractivity contribution in [3.8, 4) is 5.75 Å². The molecular formula is C18H16N2O4. The Morgan fingerprint density at radius 2 is 1.83 bits per heavy atom. The summed E-state index contributed by atoms with van der Waals surface area (Å²) in [7, 11) is 0. The molecule has 0 aliphatic rings. The van der Waals surface area contributed by atoms with E-state index in [0.29, 0.717) is 11.3 Å². The number of furan rings is 1. The number of amides is 2. The fraction of sp³-hybridized carbons (Fsp3) is 0.111. The normalized spacial score (nSPS) is 11.7. The summed E-state index contributed by atoms with van der Waals surface area (Å²) >= 11 is 0. The first-order valence-corrected chi connectivity index (χ1v) is 7.41. The average molecular weight is 324 g/mol. The lowest BCUT2D eigenvalue weighted by Crippen LogP contribution is -2.47. The van der Waals surface area contributed by atoms with Crippen LogP contribution in [0.15, 0.2) is 65.5 Å². The summed E-state index contributed by atoms with van der Waals surface area (Å²) in [5, 5.41) is 2.12. The number of carbonyl (C=O) groups excluding carboxylic acids is 2. The van der Waals surface area contributed by atoms with E-state index in [1.54, 1.807) is 13.0 Å². The Kier molecular flexibility index (Phi) is 4.47. The van der Waals surface area contributed by atoms with Gasteiger partial charge in [-0.05, 0) is 35.9 Å². The smallest absolute Gasteiger partial charge is 0.279 e. The van der Waals surface area contributed by atoms with E-state index < -0.39 is 17.9 Å². The number of hydrogen-bond acceptors (Lipinski definition) is 4. The van der Waals surface area contributed by atoms with Crippen LogP contribution in [0, 0.1) is 0 Å². The van der Waals surface area contributed by atoms with Crippen molar-refractivity contribution in [3.05, 3.63) is 66.6 Å². The van der Waals surface area contributed by atoms with Crippen LogP contribution in [-0.2, 0) is 4.79 Å². The molecule has 0 bridgehead atoms. The number of ether oxygens (including phenoxy) is 1. The van der Waals surface area contributed by atoms with Gasteiger partial charge in [-0.1, -0.05) is 30.3 Å². The Morgan fingerprint density at radius 1 is 1.04 bits per heavy atom. The van der Waals surface area contributed by atoms with Gasteiger partial charge < -0.3 is 9.15 Å². The van der Waals surface area contributed by atoms with Crippen LogP contribution in [0.3, 0.4) is 0 Å². The molecule has 24 heavy (non-hydrogen) atoms. The fourth-order valence-electron chi connectivity index (χ4n) is 2.18. The quantitative estimate of drug-likeness (QED) is 0.723. The summed E-state index contributed by atoms with van der Waals surface area (Å²) in [5.41, 5.74) is 4.94. The summed E-state index contributed by atoms with van der Waals surface area (Å²) in [6, 6.07) is 15.0. The van der Waals surface area contributed by atoms with Crippen LogP contribution in [0.25, 0.3) is 10.8 Å². The van der Waals surface area contributed by atoms with E-state index in [1.165, 1.54) is 18.6 Å². The van der Waals surface area contributed by atoms with Gasteiger partial charge in [-0.15, -0.1) is 0 Å². The van der Waals surface area contributed by atoms with Crippen LogP contribution in [0.4, 0.5) is 0 Å². The topological polar surface area (TPSA) is 80.6 Å². The lowest BCUT2D eigenvalue weighted by atomic mass is 10.1. The van der Waals surface area contributed by atoms with Gasteiger partial charge in [-0.2, -0.15) is 0 Å². The number of carbonyl (C=O) groups is 2. The molecule has 0 aliphatic carbocycles. The SMILES string of the molecule is CC(Oc1ccc2ccccc2c1)C(=O)NNC(=O)c1ccoc1. The van der Waals surface area contributed by atoms with Gasteiger partial charge in [-0.3, -0.25) is 20.4 Å². The van der Waals surface area contributed by atoms with Crippen molar-refractivity contribution in [1.29, 1.82) is 0 Å². The van der Waals surface area contributed by atoms with E-state index in [-0.39, 0.29) is 0 Å². The number of fused-ring (bicyclic) bond motifs is 1. The second-order valence-corrected chi connectivity index (χ2v) is 5.22. The van der Waals surface area contributed by atoms with Crippen molar-refractivity contribution in [2.75, 3.05) is 0 Å². The van der Waals surface area contributed by atoms with Crippen molar-refractivity contribution >= 4 is 22.6 Å². The molecule has 6 heteroatoms. The largest absolute Gasteiger partial charge is 0.481 e. The van der Waals surface area contributed by atoms with Crippen LogP contribution in [0.5, 0.6) is 5.75 Å². The van der Waals surface area contributed by atoms with Gasteiger partial charge in [0.2, 0.25) is 0 Å². The molecule has 2 amide bonds. The maximum absolute atomic E-state index is 12.0. The van der Waals surface area contributed by atoms with Crippen molar-refractivity contribution in [2.24, 2.45) is 0 Å². The zero-order valence-electron chi connectivity index (χ0n) is 13.0. The highest BCUT2D eigenvalue weighted by Gasteiger charge is 2.16. The van der Waals surface area contributed by atoms with Crippen molar-refractivity contribution < 1.29 is 18.7 Å². The maximum Gasteiger partial charge on any atom is 0.279 e. The van der Waals surface area contributed by atoms with Gasteiger partial charge in [0.25, 0.3) is 11.8 Å². The molecule has 1 unspecified atom stereocenters. The average Bonchev–Trinajstić information content (AvgIpc) is 3.14. The van der Waals surface area contributed by atoms with Crippen LogP contribution < -0.4 is 15.6 Å². The molecule has 6 nitrogen and oxygen atoms in total. The van der Waals surface area contributed by atoms with Crippen LogP contribution >= 0.6 is 0 Å². The Morgan fingerprint density at radius 3 is 2.58 bits per heavy atom. The Labute approximate surface area is 138 Å². The molecule has 0 saturated carbocycles. The molecule has 0 fully saturated rings. The molecule has 1 atom stereocenters. The third-order valence-electron chi connectivity index (χ3n) is 3.49. The Hall–Kier alpha value is -3.28. The first kappa shape index (κ1) is 15.6. The van der Waals surface area contributed by atoms with Gasteiger partial charge >= 0.3 is 0 Å². The van der Waals surface area contributed by atoms with E-state index in [2.05, 4.69) is 10.9 Å². The summed E-state index contributed by atoms with van der Waals surface area (Å²) < 4.78 is 10.4. The van der Waals surface area contributed by atoms with Gasteiger partial charge in [-0.25, -0.2) is 0 Å². The van der Waals surface area contributed by atoms with Crippen LogP contribution in [0.1, 0.15) is 17.3 Å². The van der Waals surface area contributed by atoms with Crippen molar-refractivity contribution in [3.63, 3.8) is 0 Å². The zero-order valence-corrected chi connectivity index (χ0v) is 13.0. The number of benzene rings is 2. The Bertz CT molecular complexity index is 858. The molecule has 3 rings (SSSR count). The van der Waals surface area contributed by atoms with E-state index in [0.717, 1.165) is 10.8 Å². The number of hydrogen-bond donors (Lipinski definition) is 2. The van der Waals surface area contributed by atoms with E-state index >= 15 is 0 Å². The monoisotopic (exact) mass is 324 g/mol. The van der Waals surface area contributed by atoms with E-state index in [4.69, 9.17) is 9.15 Å². The minimum Gasteiger partial charge on any atom is -0.481 e. The predicted octanol–water partition coefficient (Wildman–Crippen LogP) is 2.66. The van der Waals surface area contributed by atoms with E-state index in [9.17, 15) is 9.59 Å². The molecular weight excluding hydrogens is 308 g/mol. The maximum atomic E-state index is 12.0. The third kappa shape index (κ3) is 3.55. The standard InChI is InChI=1S/C18H16N2O4/c1-12(17(21)19-20-18(22)15-8-9-23-11-15)24-16-7-6-13-4-2-3-5-14(13)10-16/h2-12H,1H3,(H,19,21)(H,20,22). The molecule has 0 spiro atoms. The summed E-state index contributed by atoms with van der Waals surface area (Å²) in [4.78, 5) is 23.7. The minimum atomic E-state index is -0.768. The second kappa shape index (κ2) is 6.87. The first-order chi connectivity index (χ1) is 11.6. The van der Waals surface area contributed by atoms with Gasteiger partial charge in [0.05, 0.1) is 11.8 Å². The summed E-state index contributed by atoms with van der Waals surface area (Å²) in [5.74, 6) is -0.340. The van der Waals surface area contributed by atoms with Crippen LogP contribution in [-0.4, -0.2) is 17.9 Å². The van der Waals surface area contributed by atoms with Gasteiger partial charge in [0.1, 0.15) is 12.0 Å². The molecule has 0 saturated heterocycles. The number of nitrogens with one attached hydrogen (secondary N) is 2. The molecule has 2 aromatic carbocycles. The highest BCUT2D eigenvalue weighted by Crippen LogP contribution is 2.21. The highest BCUT2D eigenvalue weighted by atomic mass is 16.5. The predicted molar refractivity (Wildman–Crippen MR) is 88.4 cm³/mol. The number of hydrazine groups is 1. The summed E-state index contributed by atoms with van der Waals surface area (Å²) in [6.45, 7) is 1.61. The summed E-state index contributed by atoms with van der Waals surface area (Å²) in [6.07, 6.45) is 1.90. The minimum absolute atomic E-state index is 0.318. The molecule has 0 aliphatic heterocycles. The van der Waals surface area contributed by atoms with Gasteiger partial charge in [0, 0.05) is 0 Å². The molecule has 0 radical (unpaired) electrons. The number of rotatable bonds is 4. The fourth-order valence-corrected chi connectivity index (χ4v) is 2.18. The molecule has 2 N–H and O–H groups in total. The van der Waals surface area contributed by atoms with E-state index in [1.807, 2.05) is 36.4 Å². The molecule has 1 heterocycles. The molecule has 1 aromatic heterocycles. The lowest BCUT2D eigenvalue weighted by molar-refractivity contribution is -0.128. The lowest BCUT2D eigenvalue weighted by Gasteiger charge is -2.15. The third-order valence-corrected chi connectivity index (χ3v) is 3.49. The molecule has 3 aromatic rings. The van der Waals surface area contributed by atoms with Crippen LogP contribution in [0.2, 0.25) is 0 Å². The van der Waals surface area contributed by atoms with Gasteiger partial charge in [0.15, 0.2) is 6.10 Å². The zero-order chi connectivity index (χ0) is 16.9. The van der Waals surface area contributed by atoms with Crippen molar-refractivity contribution in [1.82, 2.24) is 10.9 Å². The van der Waals surface area contributed by atoms with Crippen molar-refractivity contribution in [2.45, 2.75) is 13.0 Å². The second-order valence-electron chi connectivity index (χ2n) is 5.22. The first-order valence-electron chi connectivity index (χ1n) is 7.41.